The van der Waals surface area contributed by atoms with Crippen LogP contribution in [0, 0.1) is 24.1 Å². The van der Waals surface area contributed by atoms with E-state index in [1.807, 2.05) is 6.07 Å². The Balaban J connectivity index is 1.65. The number of aromatic amines is 1. The highest BCUT2D eigenvalue weighted by Crippen LogP contribution is 2.25. The number of nitrogens with one attached hydrogen (secondary N) is 1. The van der Waals surface area contributed by atoms with Gasteiger partial charge in [0.1, 0.15) is 17.7 Å². The van der Waals surface area contributed by atoms with E-state index in [9.17, 15) is 9.65 Å². The molecule has 1 aliphatic rings. The second-order valence-electron chi connectivity index (χ2n) is 6.56. The lowest BCUT2D eigenvalue weighted by Gasteiger charge is -2.30. The van der Waals surface area contributed by atoms with Crippen LogP contribution in [0.2, 0.25) is 0 Å². The molecule has 1 fully saturated rings. The van der Waals surface area contributed by atoms with Crippen LogP contribution in [-0.4, -0.2) is 36.3 Å². The second kappa shape index (κ2) is 7.22. The molecule has 0 atom stereocenters. The summed E-state index contributed by atoms with van der Waals surface area (Å²) in [7, 11) is 0. The molecule has 0 spiro atoms. The molecule has 1 N–H and O–H groups in total. The predicted octanol–water partition coefficient (Wildman–Crippen LogP) is 3.91. The first-order valence-electron chi connectivity index (χ1n) is 8.85. The Bertz CT molecular complexity index is 1060. The highest BCUT2D eigenvalue weighted by Gasteiger charge is 2.14. The van der Waals surface area contributed by atoms with Gasteiger partial charge in [0.2, 0.25) is 0 Å². The fraction of sp³-hybridized carbons (Fsp3) is 0.238. The lowest BCUT2D eigenvalue weighted by Crippen LogP contribution is -2.36. The van der Waals surface area contributed by atoms with Gasteiger partial charge >= 0.3 is 0 Å². The summed E-state index contributed by atoms with van der Waals surface area (Å²) < 4.78 is 18.8. The van der Waals surface area contributed by atoms with Crippen molar-refractivity contribution in [2.45, 2.75) is 6.92 Å². The van der Waals surface area contributed by atoms with Crippen molar-refractivity contribution in [1.29, 1.82) is 5.26 Å². The molecule has 4 rings (SSSR count). The lowest BCUT2D eigenvalue weighted by atomic mass is 10.1. The number of fused-ring (bicyclic) bond motifs is 1. The van der Waals surface area contributed by atoms with Gasteiger partial charge < -0.3 is 14.6 Å². The molecule has 2 heterocycles. The van der Waals surface area contributed by atoms with E-state index >= 15 is 0 Å². The van der Waals surface area contributed by atoms with Gasteiger partial charge in [-0.25, -0.2) is 9.37 Å². The molecule has 1 aliphatic heterocycles. The summed E-state index contributed by atoms with van der Waals surface area (Å²) >= 11 is 0. The van der Waals surface area contributed by atoms with Crippen LogP contribution < -0.4 is 4.90 Å². The minimum Gasteiger partial charge on any atom is -0.378 e. The Kier molecular flexibility index (Phi) is 4.61. The molecule has 0 aliphatic carbocycles. The molecule has 0 radical (unpaired) electrons. The van der Waals surface area contributed by atoms with Crippen molar-refractivity contribution in [1.82, 2.24) is 9.97 Å². The largest absolute Gasteiger partial charge is 0.378 e. The van der Waals surface area contributed by atoms with Gasteiger partial charge in [-0.05, 0) is 54.5 Å². The number of aromatic nitrogens is 2. The molecule has 6 heteroatoms. The predicted molar refractivity (Wildman–Crippen MR) is 104 cm³/mol. The Labute approximate surface area is 156 Å². The summed E-state index contributed by atoms with van der Waals surface area (Å²) in [6, 6.07) is 12.7. The average Bonchev–Trinajstić information content (AvgIpc) is 3.09. The maximum Gasteiger partial charge on any atom is 0.149 e. The van der Waals surface area contributed by atoms with Gasteiger partial charge in [-0.1, -0.05) is 6.07 Å². The molecule has 0 saturated carbocycles. The maximum atomic E-state index is 13.4. The van der Waals surface area contributed by atoms with E-state index < -0.39 is 0 Å². The fourth-order valence-electron chi connectivity index (χ4n) is 3.36. The van der Waals surface area contributed by atoms with E-state index in [0.29, 0.717) is 22.4 Å². The van der Waals surface area contributed by atoms with Crippen molar-refractivity contribution in [3.63, 3.8) is 0 Å². The number of H-pyrrole nitrogens is 1. The van der Waals surface area contributed by atoms with E-state index in [0.717, 1.165) is 37.4 Å². The molecule has 0 amide bonds. The summed E-state index contributed by atoms with van der Waals surface area (Å²) in [5.41, 5.74) is 4.87. The number of allylic oxidation sites excluding steroid dienone is 1. The van der Waals surface area contributed by atoms with E-state index in [2.05, 4.69) is 40.0 Å². The van der Waals surface area contributed by atoms with Gasteiger partial charge in [-0.3, -0.25) is 0 Å². The third-order valence-electron chi connectivity index (χ3n) is 4.70. The van der Waals surface area contributed by atoms with Crippen molar-refractivity contribution in [3.8, 4) is 6.07 Å². The van der Waals surface area contributed by atoms with Crippen molar-refractivity contribution in [2.24, 2.45) is 0 Å². The lowest BCUT2D eigenvalue weighted by molar-refractivity contribution is 0.122. The SMILES string of the molecule is Cc1cc(/C=C(/C#N)c2nc3ccc(F)cc3[nH]2)ccc1N1CCOCC1. The minimum absolute atomic E-state index is 0.338. The van der Waals surface area contributed by atoms with Gasteiger partial charge in [0.15, 0.2) is 0 Å². The monoisotopic (exact) mass is 362 g/mol. The van der Waals surface area contributed by atoms with Crippen molar-refractivity contribution < 1.29 is 9.13 Å². The number of morpholine rings is 1. The summed E-state index contributed by atoms with van der Waals surface area (Å²) in [6.07, 6.45) is 1.80. The molecule has 136 valence electrons. The number of nitriles is 1. The molecular weight excluding hydrogens is 343 g/mol. The molecule has 2 aromatic carbocycles. The van der Waals surface area contributed by atoms with E-state index in [1.54, 1.807) is 12.1 Å². The Morgan fingerprint density at radius 1 is 1.26 bits per heavy atom. The van der Waals surface area contributed by atoms with Crippen LogP contribution in [0.4, 0.5) is 10.1 Å². The van der Waals surface area contributed by atoms with Crippen LogP contribution >= 0.6 is 0 Å². The Morgan fingerprint density at radius 3 is 2.81 bits per heavy atom. The summed E-state index contributed by atoms with van der Waals surface area (Å²) in [4.78, 5) is 9.73. The van der Waals surface area contributed by atoms with E-state index in [1.165, 1.54) is 17.8 Å². The van der Waals surface area contributed by atoms with Crippen LogP contribution in [-0.2, 0) is 4.74 Å². The van der Waals surface area contributed by atoms with Gasteiger partial charge in [-0.15, -0.1) is 0 Å². The van der Waals surface area contributed by atoms with Gasteiger partial charge in [0, 0.05) is 18.8 Å². The van der Waals surface area contributed by atoms with Gasteiger partial charge in [0.05, 0.1) is 29.8 Å². The molecule has 5 nitrogen and oxygen atoms in total. The number of benzene rings is 2. The fourth-order valence-corrected chi connectivity index (χ4v) is 3.36. The van der Waals surface area contributed by atoms with E-state index in [-0.39, 0.29) is 5.82 Å². The third-order valence-corrected chi connectivity index (χ3v) is 4.70. The van der Waals surface area contributed by atoms with Crippen molar-refractivity contribution >= 4 is 28.4 Å². The molecule has 1 saturated heterocycles. The maximum absolute atomic E-state index is 13.4. The first-order valence-corrected chi connectivity index (χ1v) is 8.85. The van der Waals surface area contributed by atoms with Crippen LogP contribution in [0.15, 0.2) is 36.4 Å². The molecule has 1 aromatic heterocycles. The molecular formula is C21H19FN4O. The number of hydrogen-bond donors (Lipinski definition) is 1. The van der Waals surface area contributed by atoms with Gasteiger partial charge in [0.25, 0.3) is 0 Å². The summed E-state index contributed by atoms with van der Waals surface area (Å²) in [6.45, 7) is 5.32. The zero-order valence-corrected chi connectivity index (χ0v) is 15.0. The number of hydrogen-bond acceptors (Lipinski definition) is 4. The normalized spacial score (nSPS) is 15.1. The zero-order chi connectivity index (χ0) is 18.8. The Hall–Kier alpha value is -3.17. The average molecular weight is 362 g/mol. The number of imidazole rings is 1. The minimum atomic E-state index is -0.338. The number of aryl methyl sites for hydroxylation is 1. The number of ether oxygens (including phenoxy) is 1. The number of rotatable bonds is 3. The first-order chi connectivity index (χ1) is 13.1. The summed E-state index contributed by atoms with van der Waals surface area (Å²) in [5.74, 6) is 0.0996. The highest BCUT2D eigenvalue weighted by atomic mass is 19.1. The molecule has 3 aromatic rings. The summed E-state index contributed by atoms with van der Waals surface area (Å²) in [5, 5.41) is 9.57. The van der Waals surface area contributed by atoms with Crippen molar-refractivity contribution in [3.05, 3.63) is 59.2 Å². The number of anilines is 1. The second-order valence-corrected chi connectivity index (χ2v) is 6.56. The standard InChI is InChI=1S/C21H19FN4O/c1-14-10-15(2-5-20(14)26-6-8-27-9-7-26)11-16(13-23)21-24-18-4-3-17(22)12-19(18)25-21/h2-5,10-12H,6-9H2,1H3,(H,24,25)/b16-11-. The smallest absolute Gasteiger partial charge is 0.149 e. The van der Waals surface area contributed by atoms with Crippen LogP contribution in [0.3, 0.4) is 0 Å². The van der Waals surface area contributed by atoms with Crippen LogP contribution in [0.25, 0.3) is 22.7 Å². The topological polar surface area (TPSA) is 64.9 Å². The van der Waals surface area contributed by atoms with Gasteiger partial charge in [-0.2, -0.15) is 5.26 Å². The third kappa shape index (κ3) is 3.55. The number of nitrogens with zero attached hydrogens (tertiary/aromatic N) is 3. The van der Waals surface area contributed by atoms with Crippen LogP contribution in [0.1, 0.15) is 17.0 Å². The first kappa shape index (κ1) is 17.3. The zero-order valence-electron chi connectivity index (χ0n) is 15.0. The quantitative estimate of drug-likeness (QED) is 0.718. The van der Waals surface area contributed by atoms with Crippen molar-refractivity contribution in [2.75, 3.05) is 31.2 Å². The Morgan fingerprint density at radius 2 is 2.07 bits per heavy atom. The molecule has 27 heavy (non-hydrogen) atoms. The van der Waals surface area contributed by atoms with E-state index in [4.69, 9.17) is 4.74 Å². The molecule has 0 bridgehead atoms. The number of halogens is 1. The van der Waals surface area contributed by atoms with Crippen LogP contribution in [0.5, 0.6) is 0 Å². The highest BCUT2D eigenvalue weighted by molar-refractivity contribution is 5.90. The molecule has 0 unspecified atom stereocenters.